The summed E-state index contributed by atoms with van der Waals surface area (Å²) in [6, 6.07) is 0. The summed E-state index contributed by atoms with van der Waals surface area (Å²) in [6.07, 6.45) is 9.93. The van der Waals surface area contributed by atoms with Crippen LogP contribution in [0.3, 0.4) is 0 Å². The molecule has 3 nitrogen and oxygen atoms in total. The van der Waals surface area contributed by atoms with Gasteiger partial charge in [0.1, 0.15) is 5.60 Å². The van der Waals surface area contributed by atoms with E-state index in [4.69, 9.17) is 9.47 Å². The van der Waals surface area contributed by atoms with E-state index in [1.807, 2.05) is 13.8 Å². The second-order valence-electron chi connectivity index (χ2n) is 4.90. The average Bonchev–Trinajstić information content (AvgIpc) is 2.16. The fraction of sp³-hybridized carbons (Fsp3) is 0.769. The van der Waals surface area contributed by atoms with Gasteiger partial charge in [-0.25, -0.2) is 0 Å². The van der Waals surface area contributed by atoms with Crippen molar-refractivity contribution >= 4 is 5.97 Å². The van der Waals surface area contributed by atoms with Gasteiger partial charge in [-0.05, 0) is 45.6 Å². The molecule has 0 radical (unpaired) electrons. The van der Waals surface area contributed by atoms with Crippen molar-refractivity contribution in [3.05, 3.63) is 12.3 Å². The molecule has 1 fully saturated rings. The van der Waals surface area contributed by atoms with Crippen molar-refractivity contribution in [1.29, 1.82) is 0 Å². The fourth-order valence-corrected chi connectivity index (χ4v) is 1.92. The molecule has 1 rings (SSSR count). The molecular formula is C13H22O3. The molecule has 0 heterocycles. The van der Waals surface area contributed by atoms with Gasteiger partial charge in [-0.15, -0.1) is 0 Å². The summed E-state index contributed by atoms with van der Waals surface area (Å²) in [5, 5.41) is 0. The number of esters is 1. The molecule has 92 valence electrons. The van der Waals surface area contributed by atoms with Crippen molar-refractivity contribution in [2.24, 2.45) is 0 Å². The van der Waals surface area contributed by atoms with Gasteiger partial charge in [0.25, 0.3) is 0 Å². The van der Waals surface area contributed by atoms with Crippen molar-refractivity contribution in [2.45, 2.75) is 64.6 Å². The van der Waals surface area contributed by atoms with Crippen LogP contribution in [0.5, 0.6) is 0 Å². The van der Waals surface area contributed by atoms with Gasteiger partial charge in [-0.3, -0.25) is 4.79 Å². The first kappa shape index (κ1) is 13.1. The first-order valence-corrected chi connectivity index (χ1v) is 6.02. The van der Waals surface area contributed by atoms with Crippen LogP contribution in [-0.2, 0) is 14.3 Å². The number of carbonyl (C=O) groups excluding carboxylic acids is 1. The summed E-state index contributed by atoms with van der Waals surface area (Å²) in [5.41, 5.74) is -0.583. The Bertz CT molecular complexity index is 250. The molecule has 0 aromatic heterocycles. The molecule has 0 atom stereocenters. The minimum Gasteiger partial charge on any atom is -0.498 e. The zero-order valence-corrected chi connectivity index (χ0v) is 10.5. The van der Waals surface area contributed by atoms with Gasteiger partial charge in [0.2, 0.25) is 0 Å². The van der Waals surface area contributed by atoms with Crippen molar-refractivity contribution in [1.82, 2.24) is 0 Å². The summed E-state index contributed by atoms with van der Waals surface area (Å²) in [4.78, 5) is 10.8. The van der Waals surface area contributed by atoms with Gasteiger partial charge in [0.15, 0.2) is 0 Å². The molecule has 0 aliphatic heterocycles. The normalized spacial score (nSPS) is 18.7. The molecule has 1 saturated carbocycles. The lowest BCUT2D eigenvalue weighted by molar-refractivity contribution is -0.149. The van der Waals surface area contributed by atoms with E-state index in [0.717, 1.165) is 12.8 Å². The van der Waals surface area contributed by atoms with E-state index in [1.54, 1.807) is 12.3 Å². The Balaban J connectivity index is 2.31. The van der Waals surface area contributed by atoms with E-state index >= 15 is 0 Å². The Morgan fingerprint density at radius 1 is 1.25 bits per heavy atom. The predicted octanol–water partition coefficient (Wildman–Crippen LogP) is 3.19. The topological polar surface area (TPSA) is 35.5 Å². The van der Waals surface area contributed by atoms with Crippen LogP contribution in [0.15, 0.2) is 12.3 Å². The second kappa shape index (κ2) is 5.92. The highest BCUT2D eigenvalue weighted by molar-refractivity contribution is 5.66. The smallest absolute Gasteiger partial charge is 0.303 e. The van der Waals surface area contributed by atoms with Crippen molar-refractivity contribution in [3.63, 3.8) is 0 Å². The zero-order chi connectivity index (χ0) is 12.0. The summed E-state index contributed by atoms with van der Waals surface area (Å²) in [6.45, 7) is 5.10. The third kappa shape index (κ3) is 5.19. The Morgan fingerprint density at radius 3 is 2.44 bits per heavy atom. The molecule has 0 aromatic rings. The molecule has 1 aliphatic rings. The van der Waals surface area contributed by atoms with Gasteiger partial charge in [-0.2, -0.15) is 0 Å². The van der Waals surface area contributed by atoms with Crippen LogP contribution in [-0.4, -0.2) is 17.7 Å². The first-order valence-electron chi connectivity index (χ1n) is 6.02. The largest absolute Gasteiger partial charge is 0.498 e. The van der Waals surface area contributed by atoms with E-state index in [2.05, 4.69) is 0 Å². The quantitative estimate of drug-likeness (QED) is 0.545. The van der Waals surface area contributed by atoms with Gasteiger partial charge >= 0.3 is 5.97 Å². The maximum atomic E-state index is 10.8. The number of rotatable bonds is 4. The Hall–Kier alpha value is -0.990. The van der Waals surface area contributed by atoms with Gasteiger partial charge in [0, 0.05) is 6.92 Å². The lowest BCUT2D eigenvalue weighted by atomic mass is 9.98. The minimum absolute atomic E-state index is 0.271. The molecule has 0 unspecified atom stereocenters. The van der Waals surface area contributed by atoms with Crippen LogP contribution in [0.25, 0.3) is 0 Å². The van der Waals surface area contributed by atoms with Crippen LogP contribution in [0.4, 0.5) is 0 Å². The van der Waals surface area contributed by atoms with Crippen LogP contribution in [0, 0.1) is 0 Å². The molecule has 0 aromatic carbocycles. The average molecular weight is 226 g/mol. The summed E-state index contributed by atoms with van der Waals surface area (Å²) in [5.74, 6) is -0.271. The van der Waals surface area contributed by atoms with Gasteiger partial charge in [-0.1, -0.05) is 6.42 Å². The highest BCUT2D eigenvalue weighted by Crippen LogP contribution is 2.21. The summed E-state index contributed by atoms with van der Waals surface area (Å²) >= 11 is 0. The molecule has 0 bridgehead atoms. The van der Waals surface area contributed by atoms with Crippen LogP contribution >= 0.6 is 0 Å². The van der Waals surface area contributed by atoms with Crippen LogP contribution < -0.4 is 0 Å². The molecule has 16 heavy (non-hydrogen) atoms. The number of hydrogen-bond donors (Lipinski definition) is 0. The monoisotopic (exact) mass is 226 g/mol. The standard InChI is InChI=1S/C13H22O3/c1-11(14)16-13(2,3)9-10-15-12-7-5-4-6-8-12/h9-10,12H,4-8H2,1-3H3/b10-9+. The third-order valence-corrected chi connectivity index (χ3v) is 2.70. The van der Waals surface area contributed by atoms with Gasteiger partial charge in [0.05, 0.1) is 12.4 Å². The van der Waals surface area contributed by atoms with Crippen LogP contribution in [0.1, 0.15) is 52.9 Å². The van der Waals surface area contributed by atoms with Gasteiger partial charge < -0.3 is 9.47 Å². The highest BCUT2D eigenvalue weighted by Gasteiger charge is 2.18. The van der Waals surface area contributed by atoms with Crippen molar-refractivity contribution in [3.8, 4) is 0 Å². The number of ether oxygens (including phenoxy) is 2. The van der Waals surface area contributed by atoms with Crippen molar-refractivity contribution < 1.29 is 14.3 Å². The van der Waals surface area contributed by atoms with E-state index in [-0.39, 0.29) is 5.97 Å². The summed E-state index contributed by atoms with van der Waals surface area (Å²) < 4.78 is 10.7. The van der Waals surface area contributed by atoms with Crippen LogP contribution in [0.2, 0.25) is 0 Å². The fourth-order valence-electron chi connectivity index (χ4n) is 1.92. The first-order chi connectivity index (χ1) is 7.49. The second-order valence-corrected chi connectivity index (χ2v) is 4.90. The molecule has 0 saturated heterocycles. The maximum absolute atomic E-state index is 10.8. The molecule has 0 amide bonds. The molecule has 1 aliphatic carbocycles. The Morgan fingerprint density at radius 2 is 1.88 bits per heavy atom. The maximum Gasteiger partial charge on any atom is 0.303 e. The molecule has 0 spiro atoms. The highest BCUT2D eigenvalue weighted by atomic mass is 16.6. The molecule has 0 N–H and O–H groups in total. The Labute approximate surface area is 97.8 Å². The lowest BCUT2D eigenvalue weighted by Crippen LogP contribution is -2.24. The molecule has 3 heteroatoms. The molecular weight excluding hydrogens is 204 g/mol. The number of carbonyl (C=O) groups is 1. The lowest BCUT2D eigenvalue weighted by Gasteiger charge is -2.23. The minimum atomic E-state index is -0.583. The predicted molar refractivity (Wildman–Crippen MR) is 62.9 cm³/mol. The Kier molecular flexibility index (Phi) is 4.84. The number of hydrogen-bond acceptors (Lipinski definition) is 3. The van der Waals surface area contributed by atoms with E-state index in [0.29, 0.717) is 6.10 Å². The zero-order valence-electron chi connectivity index (χ0n) is 10.5. The van der Waals surface area contributed by atoms with E-state index in [1.165, 1.54) is 26.2 Å². The van der Waals surface area contributed by atoms with Crippen molar-refractivity contribution in [2.75, 3.05) is 0 Å². The third-order valence-electron chi connectivity index (χ3n) is 2.70. The summed E-state index contributed by atoms with van der Waals surface area (Å²) in [7, 11) is 0. The van der Waals surface area contributed by atoms with E-state index in [9.17, 15) is 4.79 Å². The SMILES string of the molecule is CC(=O)OC(C)(C)/C=C/OC1CCCCC1. The van der Waals surface area contributed by atoms with E-state index < -0.39 is 5.60 Å².